The van der Waals surface area contributed by atoms with Gasteiger partial charge in [-0.1, -0.05) is 24.0 Å². The van der Waals surface area contributed by atoms with E-state index in [9.17, 15) is 55.7 Å². The number of carbonyl (C=O) groups is 4. The van der Waals surface area contributed by atoms with Gasteiger partial charge in [0.05, 0.1) is 67.8 Å². The van der Waals surface area contributed by atoms with E-state index in [-0.39, 0.29) is 12.1 Å². The van der Waals surface area contributed by atoms with Crippen LogP contribution < -0.4 is 31.6 Å². The number of alkyl carbamates (subject to hydrolysis) is 2. The predicted molar refractivity (Wildman–Crippen MR) is 287 cm³/mol. The molecule has 2 aromatic carbocycles. The number of halogens is 8. The summed E-state index contributed by atoms with van der Waals surface area (Å²) in [5.74, 6) is 0.998. The zero-order chi connectivity index (χ0) is 61.4. The first-order valence-electron chi connectivity index (χ1n) is 26.5. The third-order valence-corrected chi connectivity index (χ3v) is 14.9. The third kappa shape index (κ3) is 16.6. The van der Waals surface area contributed by atoms with Crippen LogP contribution in [0.15, 0.2) is 67.0 Å². The number of alkyl halides is 6. The lowest BCUT2D eigenvalue weighted by atomic mass is 9.82. The molecule has 3 aromatic rings. The second-order valence-corrected chi connectivity index (χ2v) is 22.5. The van der Waals surface area contributed by atoms with Crippen molar-refractivity contribution in [1.29, 1.82) is 5.41 Å². The molecule has 3 aliphatic heterocycles. The van der Waals surface area contributed by atoms with Crippen molar-refractivity contribution >= 4 is 35.5 Å². The summed E-state index contributed by atoms with van der Waals surface area (Å²) < 4.78 is 134. The molecular weight excluding hydrogens is 1110 g/mol. The van der Waals surface area contributed by atoms with Crippen molar-refractivity contribution in [2.24, 2.45) is 10.8 Å². The Labute approximate surface area is 475 Å². The van der Waals surface area contributed by atoms with Crippen LogP contribution in [0.1, 0.15) is 82.2 Å². The lowest BCUT2D eigenvalue weighted by Gasteiger charge is -2.47. The van der Waals surface area contributed by atoms with Gasteiger partial charge in [-0.2, -0.15) is 26.3 Å². The molecule has 27 heteroatoms. The molecule has 3 unspecified atom stereocenters. The molecule has 83 heavy (non-hydrogen) atoms. The average molecular weight is 1180 g/mol. The van der Waals surface area contributed by atoms with Crippen LogP contribution in [-0.2, 0) is 36.8 Å². The van der Waals surface area contributed by atoms with Gasteiger partial charge in [0.1, 0.15) is 29.5 Å². The van der Waals surface area contributed by atoms with Crippen LogP contribution in [0.5, 0.6) is 0 Å². The summed E-state index contributed by atoms with van der Waals surface area (Å²) in [4.78, 5) is 62.6. The van der Waals surface area contributed by atoms with E-state index in [4.69, 9.17) is 10.1 Å². The molecule has 6 rings (SSSR count). The van der Waals surface area contributed by atoms with E-state index >= 15 is 8.78 Å². The summed E-state index contributed by atoms with van der Waals surface area (Å²) in [6.07, 6.45) is -9.65. The molecule has 4 heterocycles. The van der Waals surface area contributed by atoms with Crippen molar-refractivity contribution in [2.45, 2.75) is 128 Å². The predicted octanol–water partition coefficient (Wildman–Crippen LogP) is 5.60. The van der Waals surface area contributed by atoms with Crippen LogP contribution in [0.4, 0.5) is 50.5 Å². The highest BCUT2D eigenvalue weighted by Crippen LogP contribution is 2.42. The first-order chi connectivity index (χ1) is 38.7. The number of amides is 4. The Morgan fingerprint density at radius 1 is 0.807 bits per heavy atom. The number of carbonyl (C=O) groups excluding carboxylic acids is 4. The minimum Gasteiger partial charge on any atom is -0.453 e. The zero-order valence-electron chi connectivity index (χ0n) is 47.0. The van der Waals surface area contributed by atoms with E-state index in [2.05, 4.69) is 52.2 Å². The maximum Gasteiger partial charge on any atom is 0.407 e. The van der Waals surface area contributed by atoms with E-state index < -0.39 is 119 Å². The molecule has 1 aromatic heterocycles. The van der Waals surface area contributed by atoms with Gasteiger partial charge in [-0.05, 0) is 115 Å². The molecule has 8 N–H and O–H groups in total. The molecule has 0 spiro atoms. The standard InChI is InChI=1S/C56H70F8N10O9/c1-52(2,80)31-66-20-19-42(65)35-22-40(57)39(41(58)23-35)27-73(71-49(77)47(70-51(79)82-8)54(5,6)56(62,63)64)28-44(75)43(68-48(76)46(69-50(78)81-7)53(3,4)55(59,60)61)21-33-12-9-32(10-13-33)11-14-34-15-18-45(67-24-34)72-25-36-16-17-37(26-72)74(36)38-29-83-30-38/h9-10,12-13,15,18-20,22-24,36-38,43-44,46-47,65-66,75,80H,16-17,21,25-31H2,1-8H3,(H,68,76)(H,69,78)(H,70,79)(H,71,77)/b20-19-,65-42?/t36?,37?,43-,44-,46?,47+/m0/s1. The lowest BCUT2D eigenvalue weighted by molar-refractivity contribution is -0.221. The molecule has 6 atom stereocenters. The van der Waals surface area contributed by atoms with Gasteiger partial charge in [0.15, 0.2) is 0 Å². The summed E-state index contributed by atoms with van der Waals surface area (Å²) >= 11 is 0. The number of hydrogen-bond acceptors (Lipinski definition) is 15. The van der Waals surface area contributed by atoms with Crippen LogP contribution in [0, 0.1) is 39.7 Å². The van der Waals surface area contributed by atoms with Crippen LogP contribution in [-0.4, -0.2) is 169 Å². The number of fused-ring (bicyclic) bond motifs is 2. The van der Waals surface area contributed by atoms with Crippen molar-refractivity contribution in [3.05, 3.63) is 106 Å². The molecule has 3 aliphatic rings. The number of nitrogens with one attached hydrogen (secondary N) is 6. The fourth-order valence-corrected chi connectivity index (χ4v) is 9.63. The number of rotatable bonds is 22. The van der Waals surface area contributed by atoms with Gasteiger partial charge < -0.3 is 56.0 Å². The molecule has 454 valence electrons. The quantitative estimate of drug-likeness (QED) is 0.0265. The Morgan fingerprint density at radius 3 is 1.82 bits per heavy atom. The fraction of sp³-hybridized carbons (Fsp3) is 0.536. The highest BCUT2D eigenvalue weighted by molar-refractivity contribution is 6.06. The fourth-order valence-electron chi connectivity index (χ4n) is 9.63. The van der Waals surface area contributed by atoms with Gasteiger partial charge in [-0.3, -0.25) is 19.9 Å². The first-order valence-corrected chi connectivity index (χ1v) is 26.5. The summed E-state index contributed by atoms with van der Waals surface area (Å²) in [5.41, 5.74) is -5.47. The summed E-state index contributed by atoms with van der Waals surface area (Å²) in [7, 11) is 1.63. The number of hydrogen-bond donors (Lipinski definition) is 8. The van der Waals surface area contributed by atoms with E-state index in [1.165, 1.54) is 32.2 Å². The second kappa shape index (κ2) is 26.6. The molecule has 2 bridgehead atoms. The smallest absolute Gasteiger partial charge is 0.407 e. The van der Waals surface area contributed by atoms with Crippen LogP contribution in [0.25, 0.3) is 0 Å². The van der Waals surface area contributed by atoms with E-state index in [0.29, 0.717) is 67.5 Å². The van der Waals surface area contributed by atoms with Crippen LogP contribution in [0.2, 0.25) is 0 Å². The maximum absolute atomic E-state index is 16.1. The second-order valence-electron chi connectivity index (χ2n) is 22.5. The molecular formula is C56H70F8N10O9. The SMILES string of the molecule is COC(=O)NC(C(=O)N[C@@H](Cc1ccc(C#Cc2ccc(N3CC4CCC(C3)N4C3COC3)nc2)cc1)[C@@H](O)CN(Cc1c(F)cc(C(=N)/C=C\NCC(C)(C)O)cc1F)NC(=O)[C@@H](NC(=O)OC)C(C)(C)C(F)(F)F)C(C)(C)C(F)(F)F. The minimum absolute atomic E-state index is 0.0375. The highest BCUT2D eigenvalue weighted by atomic mass is 19.4. The van der Waals surface area contributed by atoms with E-state index in [0.717, 1.165) is 77.4 Å². The van der Waals surface area contributed by atoms with Crippen molar-refractivity contribution < 1.29 is 78.7 Å². The van der Waals surface area contributed by atoms with E-state index in [1.54, 1.807) is 23.6 Å². The van der Waals surface area contributed by atoms with Gasteiger partial charge in [-0.25, -0.2) is 28.4 Å². The Morgan fingerprint density at radius 2 is 1.34 bits per heavy atom. The van der Waals surface area contributed by atoms with Crippen molar-refractivity contribution in [2.75, 3.05) is 58.5 Å². The van der Waals surface area contributed by atoms with Gasteiger partial charge in [0, 0.05) is 73.3 Å². The largest absolute Gasteiger partial charge is 0.453 e. The summed E-state index contributed by atoms with van der Waals surface area (Å²) in [5, 5.41) is 39.7. The first kappa shape index (κ1) is 65.0. The molecule has 0 radical (unpaired) electrons. The molecule has 19 nitrogen and oxygen atoms in total. The van der Waals surface area contributed by atoms with Crippen molar-refractivity contribution in [3.8, 4) is 11.8 Å². The number of ether oxygens (including phenoxy) is 3. The Hall–Kier alpha value is -7.12. The Kier molecular flexibility index (Phi) is 20.9. The number of piperazine rings is 1. The number of benzene rings is 2. The Balaban J connectivity index is 1.31. The van der Waals surface area contributed by atoms with Gasteiger partial charge in [0.25, 0.3) is 5.91 Å². The third-order valence-electron chi connectivity index (χ3n) is 14.9. The number of aliphatic hydroxyl groups is 2. The number of pyridine rings is 1. The molecule has 0 aliphatic carbocycles. The normalized spacial score (nSPS) is 18.5. The Bertz CT molecular complexity index is 2850. The number of aliphatic hydroxyl groups excluding tert-OH is 1. The number of hydrazine groups is 1. The van der Waals surface area contributed by atoms with Gasteiger partial charge in [0.2, 0.25) is 5.91 Å². The molecule has 3 fully saturated rings. The van der Waals surface area contributed by atoms with Crippen LogP contribution in [0.3, 0.4) is 0 Å². The monoisotopic (exact) mass is 1180 g/mol. The maximum atomic E-state index is 16.1. The molecule has 3 saturated heterocycles. The van der Waals surface area contributed by atoms with Gasteiger partial charge >= 0.3 is 24.5 Å². The van der Waals surface area contributed by atoms with E-state index in [1.807, 2.05) is 17.4 Å². The minimum atomic E-state index is -5.21. The number of allylic oxidation sites excluding steroid dienone is 1. The molecule has 4 amide bonds. The van der Waals surface area contributed by atoms with Crippen molar-refractivity contribution in [1.82, 2.24) is 41.6 Å². The number of methoxy groups -OCH3 is 2. The van der Waals surface area contributed by atoms with Crippen molar-refractivity contribution in [3.63, 3.8) is 0 Å². The van der Waals surface area contributed by atoms with Gasteiger partial charge in [-0.15, -0.1) is 0 Å². The molecule has 0 saturated carbocycles. The number of anilines is 1. The highest BCUT2D eigenvalue weighted by Gasteiger charge is 2.57. The van der Waals surface area contributed by atoms with Crippen LogP contribution >= 0.6 is 0 Å². The zero-order valence-corrected chi connectivity index (χ0v) is 47.0. The number of nitrogens with zero attached hydrogens (tertiary/aromatic N) is 4. The number of aromatic nitrogens is 1. The summed E-state index contributed by atoms with van der Waals surface area (Å²) in [6, 6.07) is 5.91. The lowest BCUT2D eigenvalue weighted by Crippen LogP contribution is -2.63. The average Bonchev–Trinajstić information content (AvgIpc) is 3.37. The topological polar surface area (TPSA) is 243 Å². The summed E-state index contributed by atoms with van der Waals surface area (Å²) in [6.45, 7) is 6.39.